The molecule has 80 valence electrons. The molecule has 0 fully saturated rings. The summed E-state index contributed by atoms with van der Waals surface area (Å²) in [5, 5.41) is 11.4. The minimum Gasteiger partial charge on any atom is -0.483 e. The highest BCUT2D eigenvalue weighted by atomic mass is 16.5. The second kappa shape index (κ2) is 3.37. The van der Waals surface area contributed by atoms with E-state index < -0.39 is 0 Å². The van der Waals surface area contributed by atoms with Gasteiger partial charge in [0.25, 0.3) is 0 Å². The van der Waals surface area contributed by atoms with Gasteiger partial charge in [0.15, 0.2) is 5.82 Å². The van der Waals surface area contributed by atoms with Crippen LogP contribution in [0.5, 0.6) is 5.75 Å². The van der Waals surface area contributed by atoms with Gasteiger partial charge in [-0.3, -0.25) is 4.57 Å². The molecule has 0 saturated carbocycles. The van der Waals surface area contributed by atoms with Gasteiger partial charge in [0.05, 0.1) is 11.9 Å². The first kappa shape index (κ1) is 8.96. The highest BCUT2D eigenvalue weighted by Crippen LogP contribution is 2.28. The summed E-state index contributed by atoms with van der Waals surface area (Å²) in [5.41, 5.74) is 1.56. The summed E-state index contributed by atoms with van der Waals surface area (Å²) in [4.78, 5) is 4.27. The monoisotopic (exact) mass is 215 g/mol. The Bertz CT molecular complexity index is 560. The quantitative estimate of drug-likeness (QED) is 0.446. The van der Waals surface area contributed by atoms with Gasteiger partial charge in [0, 0.05) is 6.20 Å². The van der Waals surface area contributed by atoms with Gasteiger partial charge in [-0.1, -0.05) is 17.3 Å². The zero-order chi connectivity index (χ0) is 11.0. The number of hydrogen-bond acceptors (Lipinski definition) is 4. The Morgan fingerprint density at radius 1 is 1.44 bits per heavy atom. The molecule has 0 saturated heterocycles. The Balaban J connectivity index is 2.16. The van der Waals surface area contributed by atoms with Crippen molar-refractivity contribution in [3.8, 4) is 11.4 Å². The first-order valence-corrected chi connectivity index (χ1v) is 4.86. The molecule has 0 amide bonds. The van der Waals surface area contributed by atoms with Crippen LogP contribution in [-0.4, -0.2) is 21.0 Å². The summed E-state index contributed by atoms with van der Waals surface area (Å²) < 4.78 is 7.49. The predicted molar refractivity (Wildman–Crippen MR) is 57.3 cm³/mol. The molecule has 2 aromatic rings. The van der Waals surface area contributed by atoms with E-state index >= 15 is 0 Å². The Labute approximate surface area is 91.6 Å². The molecule has 0 atom stereocenters. The number of oxime groups is 1. The summed E-state index contributed by atoms with van der Waals surface area (Å²) in [6.07, 6.45) is 3.12. The summed E-state index contributed by atoms with van der Waals surface area (Å²) in [7, 11) is 0. The first-order chi connectivity index (χ1) is 7.88. The third-order valence-corrected chi connectivity index (χ3v) is 2.47. The summed E-state index contributed by atoms with van der Waals surface area (Å²) in [6, 6.07) is 7.74. The molecule has 16 heavy (non-hydrogen) atoms. The van der Waals surface area contributed by atoms with E-state index in [0.29, 0.717) is 12.3 Å². The van der Waals surface area contributed by atoms with E-state index in [1.165, 1.54) is 6.21 Å². The topological polar surface area (TPSA) is 59.6 Å². The van der Waals surface area contributed by atoms with Gasteiger partial charge in [-0.15, -0.1) is 0 Å². The summed E-state index contributed by atoms with van der Waals surface area (Å²) in [6.45, 7) is 0.427. The molecule has 5 nitrogen and oxygen atoms in total. The Morgan fingerprint density at radius 2 is 2.31 bits per heavy atom. The zero-order valence-corrected chi connectivity index (χ0v) is 8.37. The number of benzene rings is 1. The highest BCUT2D eigenvalue weighted by molar-refractivity contribution is 5.76. The lowest BCUT2D eigenvalue weighted by Gasteiger charge is -2.18. The Kier molecular flexibility index (Phi) is 1.89. The second-order valence-corrected chi connectivity index (χ2v) is 3.45. The van der Waals surface area contributed by atoms with Crippen molar-refractivity contribution in [3.05, 3.63) is 42.0 Å². The lowest BCUT2D eigenvalue weighted by Crippen LogP contribution is -2.12. The van der Waals surface area contributed by atoms with Crippen molar-refractivity contribution in [2.24, 2.45) is 5.16 Å². The van der Waals surface area contributed by atoms with Crippen LogP contribution in [-0.2, 0) is 6.61 Å². The van der Waals surface area contributed by atoms with Crippen LogP contribution in [0.25, 0.3) is 5.69 Å². The molecule has 0 unspecified atom stereocenters. The van der Waals surface area contributed by atoms with Crippen molar-refractivity contribution in [2.75, 3.05) is 0 Å². The van der Waals surface area contributed by atoms with E-state index in [-0.39, 0.29) is 0 Å². The van der Waals surface area contributed by atoms with Crippen molar-refractivity contribution in [3.63, 3.8) is 0 Å². The number of fused-ring (bicyclic) bond motifs is 3. The molecule has 5 heteroatoms. The molecular formula is C11H9N3O2. The maximum Gasteiger partial charge on any atom is 0.152 e. The van der Waals surface area contributed by atoms with E-state index in [1.807, 2.05) is 35.0 Å². The number of nitrogens with zero attached hydrogens (tertiary/aromatic N) is 3. The van der Waals surface area contributed by atoms with Crippen molar-refractivity contribution >= 4 is 6.21 Å². The minimum atomic E-state index is 0.427. The normalized spacial score (nSPS) is 13.2. The maximum absolute atomic E-state index is 8.47. The van der Waals surface area contributed by atoms with Crippen LogP contribution in [0.3, 0.4) is 0 Å². The molecule has 0 bridgehead atoms. The Morgan fingerprint density at radius 3 is 3.19 bits per heavy atom. The minimum absolute atomic E-state index is 0.427. The number of imidazole rings is 1. The largest absolute Gasteiger partial charge is 0.483 e. The standard InChI is InChI=1S/C11H9N3O2/c15-12-5-8-6-14-9-3-1-2-4-10(9)16-7-11(14)13-8/h1-6,15H,7H2/b12-5-. The lowest BCUT2D eigenvalue weighted by atomic mass is 10.2. The lowest BCUT2D eigenvalue weighted by molar-refractivity contribution is 0.279. The molecule has 2 heterocycles. The van der Waals surface area contributed by atoms with Crippen LogP contribution in [0.15, 0.2) is 35.6 Å². The van der Waals surface area contributed by atoms with Gasteiger partial charge >= 0.3 is 0 Å². The highest BCUT2D eigenvalue weighted by Gasteiger charge is 2.17. The van der Waals surface area contributed by atoms with Crippen LogP contribution in [0.1, 0.15) is 11.5 Å². The number of ether oxygens (including phenoxy) is 1. The summed E-state index contributed by atoms with van der Waals surface area (Å²) >= 11 is 0. The average molecular weight is 215 g/mol. The van der Waals surface area contributed by atoms with Crippen LogP contribution >= 0.6 is 0 Å². The molecule has 0 radical (unpaired) electrons. The molecule has 1 N–H and O–H groups in total. The van der Waals surface area contributed by atoms with Crippen molar-refractivity contribution in [2.45, 2.75) is 6.61 Å². The van der Waals surface area contributed by atoms with Gasteiger partial charge in [-0.25, -0.2) is 4.98 Å². The van der Waals surface area contributed by atoms with Crippen molar-refractivity contribution < 1.29 is 9.94 Å². The zero-order valence-electron chi connectivity index (χ0n) is 8.37. The first-order valence-electron chi connectivity index (χ1n) is 4.86. The van der Waals surface area contributed by atoms with Crippen LogP contribution in [0.2, 0.25) is 0 Å². The van der Waals surface area contributed by atoms with Gasteiger partial charge < -0.3 is 9.94 Å². The van der Waals surface area contributed by atoms with Crippen LogP contribution < -0.4 is 4.74 Å². The molecule has 1 aliphatic rings. The predicted octanol–water partition coefficient (Wildman–Crippen LogP) is 1.57. The van der Waals surface area contributed by atoms with Gasteiger partial charge in [-0.2, -0.15) is 0 Å². The maximum atomic E-state index is 8.47. The molecule has 1 aliphatic heterocycles. The van der Waals surface area contributed by atoms with E-state index in [1.54, 1.807) is 0 Å². The van der Waals surface area contributed by atoms with Gasteiger partial charge in [0.1, 0.15) is 18.1 Å². The molecule has 3 rings (SSSR count). The smallest absolute Gasteiger partial charge is 0.152 e. The van der Waals surface area contributed by atoms with Crippen molar-refractivity contribution in [1.82, 2.24) is 9.55 Å². The number of rotatable bonds is 1. The van der Waals surface area contributed by atoms with Crippen molar-refractivity contribution in [1.29, 1.82) is 0 Å². The fourth-order valence-corrected chi connectivity index (χ4v) is 1.79. The molecule has 0 aliphatic carbocycles. The summed E-state index contributed by atoms with van der Waals surface area (Å²) in [5.74, 6) is 1.63. The number of para-hydroxylation sites is 2. The third-order valence-electron chi connectivity index (χ3n) is 2.47. The Hall–Kier alpha value is -2.30. The van der Waals surface area contributed by atoms with E-state index in [2.05, 4.69) is 10.1 Å². The fourth-order valence-electron chi connectivity index (χ4n) is 1.79. The number of hydrogen-bond donors (Lipinski definition) is 1. The van der Waals surface area contributed by atoms with E-state index in [9.17, 15) is 0 Å². The van der Waals surface area contributed by atoms with Crippen LogP contribution in [0.4, 0.5) is 0 Å². The molecule has 0 spiro atoms. The van der Waals surface area contributed by atoms with E-state index in [4.69, 9.17) is 9.94 Å². The molecule has 1 aromatic heterocycles. The third kappa shape index (κ3) is 1.25. The molecule has 1 aromatic carbocycles. The second-order valence-electron chi connectivity index (χ2n) is 3.45. The van der Waals surface area contributed by atoms with Gasteiger partial charge in [-0.05, 0) is 12.1 Å². The number of aromatic nitrogens is 2. The fraction of sp³-hybridized carbons (Fsp3) is 0.0909. The molecular weight excluding hydrogens is 206 g/mol. The van der Waals surface area contributed by atoms with Crippen LogP contribution in [0, 0.1) is 0 Å². The van der Waals surface area contributed by atoms with E-state index in [0.717, 1.165) is 17.3 Å². The van der Waals surface area contributed by atoms with Gasteiger partial charge in [0.2, 0.25) is 0 Å². The SMILES string of the molecule is O/N=C\c1cn2c(n1)COc1ccccc1-2. The average Bonchev–Trinajstić information content (AvgIpc) is 2.72.